The van der Waals surface area contributed by atoms with E-state index in [0.29, 0.717) is 0 Å². The molecule has 5 heteroatoms. The number of benzene rings is 1. The Bertz CT molecular complexity index is 427. The minimum Gasteiger partial charge on any atom is -0.397 e. The van der Waals surface area contributed by atoms with Gasteiger partial charge in [-0.1, -0.05) is 6.07 Å². The van der Waals surface area contributed by atoms with E-state index in [1.807, 2.05) is 12.1 Å². The predicted molar refractivity (Wildman–Crippen MR) is 76.9 cm³/mol. The maximum atomic E-state index is 6.22. The summed E-state index contributed by atoms with van der Waals surface area (Å²) in [6.45, 7) is 6.81. The molecule has 2 N–H and O–H groups in total. The second-order valence-corrected chi connectivity index (χ2v) is 4.91. The van der Waals surface area contributed by atoms with Gasteiger partial charge in [-0.05, 0) is 12.1 Å². The van der Waals surface area contributed by atoms with E-state index in [2.05, 4.69) is 15.9 Å². The quantitative estimate of drug-likeness (QED) is 0.805. The monoisotopic (exact) mass is 263 g/mol. The Hall–Kier alpha value is -1.46. The first kappa shape index (κ1) is 12.6. The van der Waals surface area contributed by atoms with Gasteiger partial charge in [-0.15, -0.1) is 0 Å². The van der Waals surface area contributed by atoms with Crippen molar-refractivity contribution in [1.82, 2.24) is 0 Å². The normalized spacial score (nSPS) is 20.6. The van der Waals surface area contributed by atoms with Crippen LogP contribution in [0.25, 0.3) is 0 Å². The molecule has 1 aromatic carbocycles. The van der Waals surface area contributed by atoms with Crippen LogP contribution >= 0.6 is 0 Å². The first-order valence-electron chi connectivity index (χ1n) is 6.90. The van der Waals surface area contributed by atoms with Crippen molar-refractivity contribution >= 4 is 17.1 Å². The number of hydrogen-bond acceptors (Lipinski definition) is 5. The van der Waals surface area contributed by atoms with Gasteiger partial charge in [0, 0.05) is 26.2 Å². The van der Waals surface area contributed by atoms with Gasteiger partial charge in [-0.25, -0.2) is 0 Å². The van der Waals surface area contributed by atoms with Gasteiger partial charge in [0.25, 0.3) is 0 Å². The van der Waals surface area contributed by atoms with Crippen molar-refractivity contribution in [3.8, 4) is 0 Å². The lowest BCUT2D eigenvalue weighted by Crippen LogP contribution is -2.40. The van der Waals surface area contributed by atoms with Gasteiger partial charge in [0.1, 0.15) is 0 Å². The molecule has 2 heterocycles. The van der Waals surface area contributed by atoms with E-state index in [1.54, 1.807) is 0 Å². The highest BCUT2D eigenvalue weighted by Gasteiger charge is 2.21. The molecule has 2 aliphatic rings. The van der Waals surface area contributed by atoms with Gasteiger partial charge in [-0.3, -0.25) is 0 Å². The van der Waals surface area contributed by atoms with Crippen molar-refractivity contribution in [3.63, 3.8) is 0 Å². The largest absolute Gasteiger partial charge is 0.397 e. The molecule has 5 nitrogen and oxygen atoms in total. The van der Waals surface area contributed by atoms with Crippen LogP contribution in [0.15, 0.2) is 18.2 Å². The molecular weight excluding hydrogens is 242 g/mol. The fourth-order valence-corrected chi connectivity index (χ4v) is 2.74. The molecule has 0 amide bonds. The first-order valence-corrected chi connectivity index (χ1v) is 6.90. The Balaban J connectivity index is 1.91. The first-order chi connectivity index (χ1) is 9.36. The summed E-state index contributed by atoms with van der Waals surface area (Å²) < 4.78 is 10.9. The third-order valence-corrected chi connectivity index (χ3v) is 3.73. The Morgan fingerprint density at radius 2 is 1.42 bits per heavy atom. The molecule has 0 saturated carbocycles. The number of rotatable bonds is 2. The van der Waals surface area contributed by atoms with Crippen LogP contribution in [0.3, 0.4) is 0 Å². The number of nitrogens with two attached hydrogens (primary N) is 1. The van der Waals surface area contributed by atoms with E-state index in [-0.39, 0.29) is 0 Å². The van der Waals surface area contributed by atoms with Crippen molar-refractivity contribution in [2.75, 3.05) is 68.1 Å². The molecule has 2 aliphatic heterocycles. The minimum absolute atomic E-state index is 0.775. The van der Waals surface area contributed by atoms with Crippen molar-refractivity contribution in [2.24, 2.45) is 0 Å². The summed E-state index contributed by atoms with van der Waals surface area (Å²) in [7, 11) is 0. The van der Waals surface area contributed by atoms with Crippen LogP contribution in [-0.4, -0.2) is 52.6 Å². The molecule has 0 bridgehead atoms. The maximum Gasteiger partial charge on any atom is 0.0839 e. The van der Waals surface area contributed by atoms with E-state index in [4.69, 9.17) is 15.2 Å². The van der Waals surface area contributed by atoms with Crippen LogP contribution in [0.4, 0.5) is 17.1 Å². The smallest absolute Gasteiger partial charge is 0.0839 e. The molecule has 2 saturated heterocycles. The number of morpholine rings is 2. The van der Waals surface area contributed by atoms with Crippen LogP contribution in [0, 0.1) is 0 Å². The molecule has 0 aromatic heterocycles. The molecule has 0 spiro atoms. The SMILES string of the molecule is Nc1cccc(N2CCOCC2)c1N1CCOCC1. The molecule has 0 aliphatic carbocycles. The number of ether oxygens (including phenoxy) is 2. The van der Waals surface area contributed by atoms with Crippen molar-refractivity contribution in [1.29, 1.82) is 0 Å². The topological polar surface area (TPSA) is 51.0 Å². The third-order valence-electron chi connectivity index (χ3n) is 3.73. The summed E-state index contributed by atoms with van der Waals surface area (Å²) in [5, 5.41) is 0. The van der Waals surface area contributed by atoms with E-state index in [1.165, 1.54) is 5.69 Å². The molecule has 0 atom stereocenters. The number of nitrogens with zero attached hydrogens (tertiary/aromatic N) is 2. The Morgan fingerprint density at radius 1 is 0.842 bits per heavy atom. The highest BCUT2D eigenvalue weighted by molar-refractivity contribution is 5.83. The molecule has 19 heavy (non-hydrogen) atoms. The van der Waals surface area contributed by atoms with E-state index < -0.39 is 0 Å². The predicted octanol–water partition coefficient (Wildman–Crippen LogP) is 0.942. The second-order valence-electron chi connectivity index (χ2n) is 4.91. The van der Waals surface area contributed by atoms with E-state index in [0.717, 1.165) is 64.0 Å². The Morgan fingerprint density at radius 3 is 2.05 bits per heavy atom. The van der Waals surface area contributed by atoms with E-state index in [9.17, 15) is 0 Å². The number of nitrogen functional groups attached to an aromatic ring is 1. The van der Waals surface area contributed by atoms with Gasteiger partial charge in [0.2, 0.25) is 0 Å². The molecular formula is C14H21N3O2. The fourth-order valence-electron chi connectivity index (χ4n) is 2.74. The van der Waals surface area contributed by atoms with Crippen LogP contribution < -0.4 is 15.5 Å². The molecule has 104 valence electrons. The number of hydrogen-bond donors (Lipinski definition) is 1. The highest BCUT2D eigenvalue weighted by atomic mass is 16.5. The number of anilines is 3. The maximum absolute atomic E-state index is 6.22. The molecule has 2 fully saturated rings. The van der Waals surface area contributed by atoms with Crippen LogP contribution in [0.2, 0.25) is 0 Å². The summed E-state index contributed by atoms with van der Waals surface area (Å²) >= 11 is 0. The molecule has 3 rings (SSSR count). The highest BCUT2D eigenvalue weighted by Crippen LogP contribution is 2.35. The van der Waals surface area contributed by atoms with Gasteiger partial charge in [0.15, 0.2) is 0 Å². The van der Waals surface area contributed by atoms with Gasteiger partial charge in [0.05, 0.1) is 43.5 Å². The van der Waals surface area contributed by atoms with Crippen LogP contribution in [-0.2, 0) is 9.47 Å². The molecule has 1 aromatic rings. The zero-order chi connectivity index (χ0) is 13.1. The van der Waals surface area contributed by atoms with Crippen molar-refractivity contribution < 1.29 is 9.47 Å². The second kappa shape index (κ2) is 5.67. The van der Waals surface area contributed by atoms with E-state index >= 15 is 0 Å². The minimum atomic E-state index is 0.775. The Kier molecular flexibility index (Phi) is 3.75. The average Bonchev–Trinajstić information content (AvgIpc) is 2.49. The lowest BCUT2D eigenvalue weighted by molar-refractivity contribution is 0.121. The standard InChI is InChI=1S/C14H21N3O2/c15-12-2-1-3-13(16-4-8-18-9-5-16)14(12)17-6-10-19-11-7-17/h1-3H,4-11,15H2. The summed E-state index contributed by atoms with van der Waals surface area (Å²) in [6, 6.07) is 6.17. The fraction of sp³-hybridized carbons (Fsp3) is 0.571. The summed E-state index contributed by atoms with van der Waals surface area (Å²) in [4.78, 5) is 4.70. The lowest BCUT2D eigenvalue weighted by Gasteiger charge is -2.36. The van der Waals surface area contributed by atoms with Crippen molar-refractivity contribution in [3.05, 3.63) is 18.2 Å². The Labute approximate surface area is 113 Å². The van der Waals surface area contributed by atoms with Gasteiger partial charge in [-0.2, -0.15) is 0 Å². The summed E-state index contributed by atoms with van der Waals surface area (Å²) in [6.07, 6.45) is 0. The van der Waals surface area contributed by atoms with Crippen LogP contribution in [0.5, 0.6) is 0 Å². The zero-order valence-electron chi connectivity index (χ0n) is 11.2. The average molecular weight is 263 g/mol. The van der Waals surface area contributed by atoms with Gasteiger partial charge < -0.3 is 25.0 Å². The third kappa shape index (κ3) is 2.62. The van der Waals surface area contributed by atoms with Crippen LogP contribution in [0.1, 0.15) is 0 Å². The summed E-state index contributed by atoms with van der Waals surface area (Å²) in [5.41, 5.74) is 9.46. The van der Waals surface area contributed by atoms with Gasteiger partial charge >= 0.3 is 0 Å². The number of para-hydroxylation sites is 1. The summed E-state index contributed by atoms with van der Waals surface area (Å²) in [5.74, 6) is 0. The molecule has 0 radical (unpaired) electrons. The lowest BCUT2D eigenvalue weighted by atomic mass is 10.1. The molecule has 0 unspecified atom stereocenters. The zero-order valence-corrected chi connectivity index (χ0v) is 11.2. The van der Waals surface area contributed by atoms with Crippen molar-refractivity contribution in [2.45, 2.75) is 0 Å².